The fourth-order valence-corrected chi connectivity index (χ4v) is 8.36. The number of phenols is 2. The van der Waals surface area contributed by atoms with Gasteiger partial charge >= 0.3 is 11.9 Å². The Morgan fingerprint density at radius 3 is 1.35 bits per heavy atom. The monoisotopic (exact) mass is 1190 g/mol. The van der Waals surface area contributed by atoms with Crippen LogP contribution in [-0.4, -0.2) is 176 Å². The minimum Gasteiger partial charge on any atom is -0.508 e. The van der Waals surface area contributed by atoms with Crippen LogP contribution in [-0.2, 0) is 72.0 Å². The van der Waals surface area contributed by atoms with Gasteiger partial charge in [0.2, 0.25) is 53.2 Å². The van der Waals surface area contributed by atoms with Crippen molar-refractivity contribution in [2.24, 2.45) is 23.3 Å². The van der Waals surface area contributed by atoms with Crippen LogP contribution in [0.15, 0.2) is 78.9 Å². The van der Waals surface area contributed by atoms with Crippen molar-refractivity contribution in [2.75, 3.05) is 19.7 Å². The quantitative estimate of drug-likeness (QED) is 0.0262. The predicted octanol–water partition coefficient (Wildman–Crippen LogP) is -2.79. The molecule has 466 valence electrons. The van der Waals surface area contributed by atoms with E-state index in [1.807, 2.05) is 5.32 Å². The number of aliphatic hydroxyl groups is 2. The molecule has 0 aliphatic carbocycles. The zero-order valence-corrected chi connectivity index (χ0v) is 48.0. The van der Waals surface area contributed by atoms with E-state index in [2.05, 4.69) is 42.5 Å². The highest BCUT2D eigenvalue weighted by molar-refractivity contribution is 5.99. The number of benzene rings is 3. The average Bonchev–Trinajstić information content (AvgIpc) is 3.66. The average molecular weight is 1190 g/mol. The summed E-state index contributed by atoms with van der Waals surface area (Å²) in [7, 11) is 0. The number of aliphatic hydroxyl groups excluding tert-OH is 2. The number of amides is 9. The first-order valence-electron chi connectivity index (χ1n) is 27.6. The largest absolute Gasteiger partial charge is 0.508 e. The number of carbonyl (C=O) groups excluding carboxylic acids is 9. The van der Waals surface area contributed by atoms with Gasteiger partial charge in [-0.3, -0.25) is 47.9 Å². The molecule has 0 bridgehead atoms. The molecule has 0 fully saturated rings. The Kier molecular flexibility index (Phi) is 29.4. The van der Waals surface area contributed by atoms with Crippen LogP contribution < -0.4 is 59.3 Å². The van der Waals surface area contributed by atoms with Gasteiger partial charge in [-0.2, -0.15) is 0 Å². The number of phenolic OH excluding ortho intramolecular Hbond substituents is 2. The number of hydrogen-bond acceptors (Lipinski definition) is 17. The van der Waals surface area contributed by atoms with Gasteiger partial charge in [0.25, 0.3) is 0 Å². The number of rotatable bonds is 36. The Hall–Kier alpha value is -8.73. The van der Waals surface area contributed by atoms with E-state index in [1.165, 1.54) is 48.5 Å². The third kappa shape index (κ3) is 24.9. The molecule has 0 aliphatic heterocycles. The Morgan fingerprint density at radius 2 is 0.918 bits per heavy atom. The van der Waals surface area contributed by atoms with Crippen LogP contribution in [0.3, 0.4) is 0 Å². The Bertz CT molecular complexity index is 2730. The van der Waals surface area contributed by atoms with Gasteiger partial charge in [-0.15, -0.1) is 0 Å². The van der Waals surface area contributed by atoms with Crippen LogP contribution in [0.2, 0.25) is 0 Å². The molecule has 28 heteroatoms. The number of carboxylic acid groups (broad SMARTS) is 2. The molecule has 19 N–H and O–H groups in total. The number of carbonyl (C=O) groups is 11. The van der Waals surface area contributed by atoms with E-state index in [1.54, 1.807) is 58.0 Å². The molecular formula is C57H81N11O17. The zero-order chi connectivity index (χ0) is 63.5. The normalized spacial score (nSPS) is 14.7. The molecule has 0 aromatic heterocycles. The van der Waals surface area contributed by atoms with Crippen molar-refractivity contribution in [1.82, 2.24) is 47.9 Å². The van der Waals surface area contributed by atoms with Gasteiger partial charge in [0.1, 0.15) is 59.8 Å². The van der Waals surface area contributed by atoms with E-state index < -0.39 is 145 Å². The van der Waals surface area contributed by atoms with Gasteiger partial charge in [-0.05, 0) is 91.9 Å². The maximum atomic E-state index is 14.6. The lowest BCUT2D eigenvalue weighted by Gasteiger charge is -2.28. The molecule has 0 aliphatic rings. The van der Waals surface area contributed by atoms with Gasteiger partial charge < -0.3 is 90.0 Å². The summed E-state index contributed by atoms with van der Waals surface area (Å²) >= 11 is 0. The van der Waals surface area contributed by atoms with E-state index in [0.29, 0.717) is 36.1 Å². The molecule has 0 saturated carbocycles. The second kappa shape index (κ2) is 35.4. The molecule has 10 atom stereocenters. The first-order chi connectivity index (χ1) is 40.1. The first kappa shape index (κ1) is 70.5. The highest BCUT2D eigenvalue weighted by Crippen LogP contribution is 2.16. The van der Waals surface area contributed by atoms with E-state index in [4.69, 9.17) is 11.5 Å². The van der Waals surface area contributed by atoms with Gasteiger partial charge in [-0.1, -0.05) is 82.3 Å². The molecule has 3 aromatic rings. The Morgan fingerprint density at radius 1 is 0.494 bits per heavy atom. The van der Waals surface area contributed by atoms with Crippen molar-refractivity contribution in [3.63, 3.8) is 0 Å². The maximum absolute atomic E-state index is 14.6. The molecule has 0 spiro atoms. The fraction of sp³-hybridized carbons (Fsp3) is 0.491. The maximum Gasteiger partial charge on any atom is 0.328 e. The van der Waals surface area contributed by atoms with Crippen LogP contribution in [0.25, 0.3) is 0 Å². The summed E-state index contributed by atoms with van der Waals surface area (Å²) in [6.07, 6.45) is -2.44. The van der Waals surface area contributed by atoms with Gasteiger partial charge in [-0.25, -0.2) is 4.79 Å². The summed E-state index contributed by atoms with van der Waals surface area (Å²) in [6, 6.07) is 5.14. The number of carboxylic acids is 2. The van der Waals surface area contributed by atoms with Crippen molar-refractivity contribution < 1.29 is 83.4 Å². The second-order valence-corrected chi connectivity index (χ2v) is 21.2. The molecule has 3 rings (SSSR count). The molecule has 9 amide bonds. The van der Waals surface area contributed by atoms with Gasteiger partial charge in [0.05, 0.1) is 31.7 Å². The third-order valence-corrected chi connectivity index (χ3v) is 13.2. The van der Waals surface area contributed by atoms with Crippen LogP contribution in [0.4, 0.5) is 0 Å². The highest BCUT2D eigenvalue weighted by Gasteiger charge is 2.36. The topological polar surface area (TPSA) is 469 Å². The van der Waals surface area contributed by atoms with Gasteiger partial charge in [0, 0.05) is 19.3 Å². The highest BCUT2D eigenvalue weighted by atomic mass is 16.4. The minimum atomic E-state index is -1.94. The smallest absolute Gasteiger partial charge is 0.328 e. The van der Waals surface area contributed by atoms with E-state index in [-0.39, 0.29) is 55.4 Å². The Balaban J connectivity index is 1.95. The fourth-order valence-electron chi connectivity index (χ4n) is 8.36. The number of nitrogens with one attached hydrogen (secondary N) is 9. The molecule has 28 nitrogen and oxygen atoms in total. The van der Waals surface area contributed by atoms with Crippen molar-refractivity contribution in [1.29, 1.82) is 0 Å². The lowest BCUT2D eigenvalue weighted by molar-refractivity contribution is -0.144. The molecule has 0 heterocycles. The van der Waals surface area contributed by atoms with Crippen molar-refractivity contribution in [3.05, 3.63) is 95.6 Å². The summed E-state index contributed by atoms with van der Waals surface area (Å²) in [5.41, 5.74) is 12.8. The Labute approximate surface area is 491 Å². The summed E-state index contributed by atoms with van der Waals surface area (Å²) < 4.78 is 0. The molecule has 3 aromatic carbocycles. The van der Waals surface area contributed by atoms with E-state index in [0.717, 1.165) is 6.92 Å². The summed E-state index contributed by atoms with van der Waals surface area (Å²) in [5, 5.41) is 81.3. The van der Waals surface area contributed by atoms with Crippen LogP contribution in [0, 0.1) is 11.8 Å². The standard InChI is InChI=1S/C57H81N11O17/c1-30(2)23-39(62-50(77)38(13-9-10-22-58)61-55(82)47(59)31(3)4)49(76)60-28-45(73)68-48(32(5)70)56(83)66-42(26-35-16-20-37(72)21-17-35)53(80)64-41(25-34-14-18-36(71)19-15-34)51(78)63-40(24-33-11-7-6-8-12-33)52(79)65-43(27-46(74)75)54(81)67-44(29-69)57(84)85/h6-8,11-12,14-21,30-32,38-44,47-48,69-72H,9-10,13,22-29,58-59H2,1-5H3,(H,60,76)(H,61,82)(H,62,77)(H,63,78)(H,64,80)(H,65,79)(H,66,83)(H,67,81)(H,68,73)(H,74,75)(H,84,85)/t32-,38+,39+,40+,41+,42+,43+,44+,47+,48+/m1/s1. The van der Waals surface area contributed by atoms with Crippen LogP contribution >= 0.6 is 0 Å². The van der Waals surface area contributed by atoms with Crippen molar-refractivity contribution >= 4 is 65.1 Å². The zero-order valence-electron chi connectivity index (χ0n) is 48.0. The molecule has 85 heavy (non-hydrogen) atoms. The molecule has 0 radical (unpaired) electrons. The van der Waals surface area contributed by atoms with Crippen LogP contribution in [0.1, 0.15) is 83.4 Å². The van der Waals surface area contributed by atoms with Crippen molar-refractivity contribution in [2.45, 2.75) is 146 Å². The second-order valence-electron chi connectivity index (χ2n) is 21.2. The number of unbranched alkanes of at least 4 members (excludes halogenated alkanes) is 1. The number of hydrogen-bond donors (Lipinski definition) is 17. The number of aliphatic carboxylic acids is 2. The van der Waals surface area contributed by atoms with E-state index >= 15 is 0 Å². The molecule has 0 saturated heterocycles. The number of aromatic hydroxyl groups is 2. The van der Waals surface area contributed by atoms with Crippen molar-refractivity contribution in [3.8, 4) is 11.5 Å². The first-order valence-corrected chi connectivity index (χ1v) is 27.6. The number of nitrogens with two attached hydrogens (primary N) is 2. The SMILES string of the molecule is CC(C)C[C@H](NC(=O)[C@H](CCCCN)NC(=O)[C@@H](N)C(C)C)C(=O)NCC(=O)N[C@H](C(=O)N[C@@H](Cc1ccc(O)cc1)C(=O)N[C@@H](Cc1ccc(O)cc1)C(=O)N[C@@H](Cc1ccccc1)C(=O)N[C@@H](CC(=O)O)C(=O)N[C@@H](CO)C(=O)O)[C@@H](C)O. The van der Waals surface area contributed by atoms with Crippen LogP contribution in [0.5, 0.6) is 11.5 Å². The summed E-state index contributed by atoms with van der Waals surface area (Å²) in [6.45, 7) is 6.67. The third-order valence-electron chi connectivity index (χ3n) is 13.2. The van der Waals surface area contributed by atoms with E-state index in [9.17, 15) is 83.4 Å². The lowest BCUT2D eigenvalue weighted by atomic mass is 10.00. The predicted molar refractivity (Wildman–Crippen MR) is 306 cm³/mol. The lowest BCUT2D eigenvalue weighted by Crippen LogP contribution is -2.61. The summed E-state index contributed by atoms with van der Waals surface area (Å²) in [4.78, 5) is 148. The van der Waals surface area contributed by atoms with Gasteiger partial charge in [0.15, 0.2) is 0 Å². The molecular weight excluding hydrogens is 1110 g/mol. The minimum absolute atomic E-state index is 0.0954. The molecule has 0 unspecified atom stereocenters. The summed E-state index contributed by atoms with van der Waals surface area (Å²) in [5.74, 6) is -12.7.